The number of nitrogens with zero attached hydrogens (tertiary/aromatic N) is 2. The van der Waals surface area contributed by atoms with Gasteiger partial charge in [-0.05, 0) is 18.2 Å². The first-order valence-corrected chi connectivity index (χ1v) is 3.75. The zero-order valence-corrected chi connectivity index (χ0v) is 7.44. The molecule has 0 saturated heterocycles. The van der Waals surface area contributed by atoms with Crippen LogP contribution in [0.5, 0.6) is 0 Å². The molecule has 0 amide bonds. The summed E-state index contributed by atoms with van der Waals surface area (Å²) in [6.45, 7) is 0. The molecule has 14 heavy (non-hydrogen) atoms. The fourth-order valence-corrected chi connectivity index (χ4v) is 0.992. The molecule has 1 rings (SSSR count). The lowest BCUT2D eigenvalue weighted by Gasteiger charge is -1.99. The van der Waals surface area contributed by atoms with Gasteiger partial charge in [0, 0.05) is 0 Å². The number of ether oxygens (including phenoxy) is 1. The molecule has 4 heteroatoms. The maximum Gasteiger partial charge on any atom is 0.337 e. The van der Waals surface area contributed by atoms with Gasteiger partial charge in [-0.15, -0.1) is 0 Å². The van der Waals surface area contributed by atoms with Crippen molar-refractivity contribution in [1.29, 1.82) is 10.5 Å². The predicted octanol–water partition coefficient (Wildman–Crippen LogP) is 1.22. The van der Waals surface area contributed by atoms with Crippen molar-refractivity contribution in [2.75, 3.05) is 7.11 Å². The van der Waals surface area contributed by atoms with Gasteiger partial charge in [-0.25, -0.2) is 4.79 Å². The number of carbonyl (C=O) groups is 1. The van der Waals surface area contributed by atoms with Gasteiger partial charge < -0.3 is 4.74 Å². The third-order valence-corrected chi connectivity index (χ3v) is 1.61. The molecule has 0 spiro atoms. The van der Waals surface area contributed by atoms with E-state index in [1.54, 1.807) is 0 Å². The van der Waals surface area contributed by atoms with Crippen LogP contribution in [-0.2, 0) is 4.74 Å². The van der Waals surface area contributed by atoms with E-state index in [1.807, 2.05) is 12.1 Å². The van der Waals surface area contributed by atoms with Crippen LogP contribution in [0.2, 0.25) is 0 Å². The molecule has 0 unspecified atom stereocenters. The molecule has 0 N–H and O–H groups in total. The summed E-state index contributed by atoms with van der Waals surface area (Å²) in [5, 5.41) is 17.2. The molecule has 0 saturated carbocycles. The van der Waals surface area contributed by atoms with E-state index in [4.69, 9.17) is 10.5 Å². The van der Waals surface area contributed by atoms with E-state index < -0.39 is 5.97 Å². The van der Waals surface area contributed by atoms with Crippen molar-refractivity contribution in [3.8, 4) is 12.1 Å². The Kier molecular flexibility index (Phi) is 2.83. The normalized spacial score (nSPS) is 8.50. The Morgan fingerprint density at radius 2 is 1.71 bits per heavy atom. The Balaban J connectivity index is 3.27. The van der Waals surface area contributed by atoms with Gasteiger partial charge in [0.15, 0.2) is 0 Å². The summed E-state index contributed by atoms with van der Waals surface area (Å²) in [5.74, 6) is -0.557. The van der Waals surface area contributed by atoms with Gasteiger partial charge in [0.1, 0.15) is 0 Å². The van der Waals surface area contributed by atoms with Crippen LogP contribution in [0.4, 0.5) is 0 Å². The first-order valence-electron chi connectivity index (χ1n) is 3.75. The smallest absolute Gasteiger partial charge is 0.337 e. The van der Waals surface area contributed by atoms with Crippen LogP contribution < -0.4 is 0 Å². The van der Waals surface area contributed by atoms with Gasteiger partial charge in [-0.2, -0.15) is 10.5 Å². The molecular formula is C10H6N2O2. The molecule has 0 bridgehead atoms. The second kappa shape index (κ2) is 4.06. The van der Waals surface area contributed by atoms with Crippen LogP contribution >= 0.6 is 0 Å². The average molecular weight is 186 g/mol. The Morgan fingerprint density at radius 1 is 1.21 bits per heavy atom. The monoisotopic (exact) mass is 186 g/mol. The van der Waals surface area contributed by atoms with E-state index in [1.165, 1.54) is 25.3 Å². The van der Waals surface area contributed by atoms with E-state index >= 15 is 0 Å². The average Bonchev–Trinajstić information content (AvgIpc) is 2.27. The highest BCUT2D eigenvalue weighted by atomic mass is 16.5. The fourth-order valence-electron chi connectivity index (χ4n) is 0.992. The van der Waals surface area contributed by atoms with Crippen LogP contribution in [0, 0.1) is 22.7 Å². The maximum absolute atomic E-state index is 11.1. The summed E-state index contributed by atoms with van der Waals surface area (Å²) >= 11 is 0. The van der Waals surface area contributed by atoms with E-state index in [0.717, 1.165) is 0 Å². The number of hydrogen-bond acceptors (Lipinski definition) is 4. The van der Waals surface area contributed by atoms with Gasteiger partial charge in [-0.3, -0.25) is 0 Å². The van der Waals surface area contributed by atoms with Gasteiger partial charge in [0.25, 0.3) is 0 Å². The second-order valence-corrected chi connectivity index (χ2v) is 2.51. The quantitative estimate of drug-likeness (QED) is 0.618. The van der Waals surface area contributed by atoms with Crippen LogP contribution in [-0.4, -0.2) is 13.1 Å². The second-order valence-electron chi connectivity index (χ2n) is 2.51. The topological polar surface area (TPSA) is 73.9 Å². The Morgan fingerprint density at radius 3 is 2.07 bits per heavy atom. The summed E-state index contributed by atoms with van der Waals surface area (Å²) in [6.07, 6.45) is 0. The van der Waals surface area contributed by atoms with Crippen molar-refractivity contribution < 1.29 is 9.53 Å². The highest BCUT2D eigenvalue weighted by Crippen LogP contribution is 2.09. The lowest BCUT2D eigenvalue weighted by atomic mass is 10.1. The van der Waals surface area contributed by atoms with Gasteiger partial charge in [0.2, 0.25) is 0 Å². The van der Waals surface area contributed by atoms with Crippen LogP contribution in [0.3, 0.4) is 0 Å². The van der Waals surface area contributed by atoms with Crippen molar-refractivity contribution in [2.24, 2.45) is 0 Å². The third kappa shape index (κ3) is 1.88. The first kappa shape index (κ1) is 9.76. The predicted molar refractivity (Wildman–Crippen MR) is 47.2 cm³/mol. The van der Waals surface area contributed by atoms with Crippen molar-refractivity contribution in [3.63, 3.8) is 0 Å². The minimum Gasteiger partial charge on any atom is -0.465 e. The van der Waals surface area contributed by atoms with Gasteiger partial charge in [0.05, 0.1) is 35.9 Å². The number of methoxy groups -OCH3 is 1. The molecule has 0 aliphatic heterocycles. The molecule has 0 radical (unpaired) electrons. The SMILES string of the molecule is COC(=O)c1cc(C#N)cc(C#N)c1. The zero-order chi connectivity index (χ0) is 10.6. The maximum atomic E-state index is 11.1. The zero-order valence-electron chi connectivity index (χ0n) is 7.44. The van der Waals surface area contributed by atoms with Crippen LogP contribution in [0.25, 0.3) is 0 Å². The summed E-state index contributed by atoms with van der Waals surface area (Å²) in [6, 6.07) is 7.90. The molecule has 0 aliphatic carbocycles. The van der Waals surface area contributed by atoms with Crippen LogP contribution in [0.15, 0.2) is 18.2 Å². The van der Waals surface area contributed by atoms with Gasteiger partial charge in [-0.1, -0.05) is 0 Å². The largest absolute Gasteiger partial charge is 0.465 e. The van der Waals surface area contributed by atoms with Crippen molar-refractivity contribution in [3.05, 3.63) is 34.9 Å². The number of carbonyl (C=O) groups excluding carboxylic acids is 1. The van der Waals surface area contributed by atoms with E-state index in [9.17, 15) is 4.79 Å². The Labute approximate surface area is 81.0 Å². The summed E-state index contributed by atoms with van der Waals surface area (Å²) in [4.78, 5) is 11.1. The van der Waals surface area contributed by atoms with E-state index in [0.29, 0.717) is 0 Å². The molecule has 1 aromatic carbocycles. The molecule has 0 fully saturated rings. The van der Waals surface area contributed by atoms with E-state index in [-0.39, 0.29) is 16.7 Å². The van der Waals surface area contributed by atoms with Gasteiger partial charge >= 0.3 is 5.97 Å². The molecule has 0 atom stereocenters. The third-order valence-electron chi connectivity index (χ3n) is 1.61. The van der Waals surface area contributed by atoms with Crippen molar-refractivity contribution in [2.45, 2.75) is 0 Å². The van der Waals surface area contributed by atoms with Crippen molar-refractivity contribution in [1.82, 2.24) is 0 Å². The standard InChI is InChI=1S/C10H6N2O2/c1-14-10(13)9-3-7(5-11)2-8(4-9)6-12/h2-4H,1H3. The fraction of sp³-hybridized carbons (Fsp3) is 0.100. The number of esters is 1. The number of rotatable bonds is 1. The molecule has 4 nitrogen and oxygen atoms in total. The van der Waals surface area contributed by atoms with Crippen molar-refractivity contribution >= 4 is 5.97 Å². The Bertz CT molecular complexity index is 420. The molecule has 0 heterocycles. The molecule has 1 aromatic rings. The highest BCUT2D eigenvalue weighted by Gasteiger charge is 2.08. The number of hydrogen-bond donors (Lipinski definition) is 0. The number of benzene rings is 1. The molecule has 0 aromatic heterocycles. The summed E-state index contributed by atoms with van der Waals surface area (Å²) in [5.41, 5.74) is 0.747. The lowest BCUT2D eigenvalue weighted by molar-refractivity contribution is 0.0600. The lowest BCUT2D eigenvalue weighted by Crippen LogP contribution is -2.02. The first-order chi connectivity index (χ1) is 6.71. The van der Waals surface area contributed by atoms with E-state index in [2.05, 4.69) is 4.74 Å². The molecule has 68 valence electrons. The summed E-state index contributed by atoms with van der Waals surface area (Å²) in [7, 11) is 1.24. The number of nitriles is 2. The van der Waals surface area contributed by atoms with Crippen LogP contribution in [0.1, 0.15) is 21.5 Å². The Hall–Kier alpha value is -2.33. The molecular weight excluding hydrogens is 180 g/mol. The minimum atomic E-state index is -0.557. The minimum absolute atomic E-state index is 0.211. The molecule has 0 aliphatic rings. The summed E-state index contributed by atoms with van der Waals surface area (Å²) < 4.78 is 4.48. The highest BCUT2D eigenvalue weighted by molar-refractivity contribution is 5.90.